The van der Waals surface area contributed by atoms with Crippen molar-refractivity contribution in [3.8, 4) is 29.4 Å². The molecule has 22 heavy (non-hydrogen) atoms. The number of nitrogens with zero attached hydrogens (tertiary/aromatic N) is 2. The topological polar surface area (TPSA) is 97.3 Å². The van der Waals surface area contributed by atoms with Crippen molar-refractivity contribution in [2.24, 2.45) is 0 Å². The Balaban J connectivity index is 2.48. The van der Waals surface area contributed by atoms with E-state index >= 15 is 0 Å². The Morgan fingerprint density at radius 2 is 1.73 bits per heavy atom. The molecule has 2 aromatic rings. The van der Waals surface area contributed by atoms with Crippen LogP contribution in [0.5, 0.6) is 17.2 Å². The monoisotopic (exact) mass is 292 g/mol. The molecule has 0 unspecified atom stereocenters. The van der Waals surface area contributed by atoms with Crippen molar-refractivity contribution in [3.63, 3.8) is 0 Å². The predicted octanol–water partition coefficient (Wildman–Crippen LogP) is 3.02. The first-order valence-corrected chi connectivity index (χ1v) is 6.32. The van der Waals surface area contributed by atoms with E-state index in [1.54, 1.807) is 37.5 Å². The fourth-order valence-electron chi connectivity index (χ4n) is 1.95. The molecule has 2 N–H and O–H groups in total. The lowest BCUT2D eigenvalue weighted by Gasteiger charge is -2.06. The summed E-state index contributed by atoms with van der Waals surface area (Å²) in [7, 11) is 1.57. The number of ether oxygens (including phenoxy) is 1. The zero-order valence-electron chi connectivity index (χ0n) is 11.7. The molecular weight excluding hydrogens is 280 g/mol. The van der Waals surface area contributed by atoms with Crippen molar-refractivity contribution in [2.75, 3.05) is 7.11 Å². The van der Waals surface area contributed by atoms with Gasteiger partial charge in [0.1, 0.15) is 17.4 Å². The lowest BCUT2D eigenvalue weighted by atomic mass is 9.99. The summed E-state index contributed by atoms with van der Waals surface area (Å²) in [6.07, 6.45) is 3.25. The molecule has 0 fully saturated rings. The summed E-state index contributed by atoms with van der Waals surface area (Å²) in [5, 5.41) is 37.5. The molecule has 0 radical (unpaired) electrons. The number of methoxy groups -OCH3 is 1. The SMILES string of the molecule is COc1ccc(/C=C/c2c(C#N)cc(O)c(O)c2C#N)cc1. The van der Waals surface area contributed by atoms with Crippen LogP contribution < -0.4 is 4.74 Å². The number of phenols is 2. The van der Waals surface area contributed by atoms with Gasteiger partial charge < -0.3 is 14.9 Å². The van der Waals surface area contributed by atoms with E-state index in [1.165, 1.54) is 0 Å². The number of aromatic hydroxyl groups is 2. The molecule has 0 aromatic heterocycles. The van der Waals surface area contributed by atoms with Gasteiger partial charge in [-0.3, -0.25) is 0 Å². The van der Waals surface area contributed by atoms with Gasteiger partial charge in [0.2, 0.25) is 0 Å². The number of benzene rings is 2. The maximum atomic E-state index is 9.73. The second-order valence-corrected chi connectivity index (χ2v) is 4.41. The second-order valence-electron chi connectivity index (χ2n) is 4.41. The largest absolute Gasteiger partial charge is 0.504 e. The van der Waals surface area contributed by atoms with E-state index in [-0.39, 0.29) is 16.7 Å². The van der Waals surface area contributed by atoms with E-state index in [0.717, 1.165) is 17.4 Å². The number of rotatable bonds is 3. The standard InChI is InChI=1S/C17H12N2O3/c1-22-13-5-2-11(3-6-13)4-7-14-12(9-18)8-16(20)17(21)15(14)10-19/h2-8,20-21H,1H3/b7-4+. The third kappa shape index (κ3) is 2.84. The number of nitriles is 2. The molecule has 0 bridgehead atoms. The highest BCUT2D eigenvalue weighted by molar-refractivity contribution is 5.79. The van der Waals surface area contributed by atoms with Gasteiger partial charge in [-0.1, -0.05) is 24.3 Å². The van der Waals surface area contributed by atoms with Crippen LogP contribution in [0.4, 0.5) is 0 Å². The first-order chi connectivity index (χ1) is 10.6. The summed E-state index contributed by atoms with van der Waals surface area (Å²) >= 11 is 0. The Kier molecular flexibility index (Phi) is 4.31. The maximum absolute atomic E-state index is 9.73. The Morgan fingerprint density at radius 1 is 1.05 bits per heavy atom. The van der Waals surface area contributed by atoms with Crippen molar-refractivity contribution >= 4 is 12.2 Å². The van der Waals surface area contributed by atoms with Crippen molar-refractivity contribution in [2.45, 2.75) is 0 Å². The molecule has 0 saturated carbocycles. The minimum absolute atomic E-state index is 0.108. The lowest BCUT2D eigenvalue weighted by Crippen LogP contribution is -1.90. The highest BCUT2D eigenvalue weighted by atomic mass is 16.5. The maximum Gasteiger partial charge on any atom is 0.176 e. The Hall–Kier alpha value is -3.44. The zero-order chi connectivity index (χ0) is 16.1. The Labute approximate surface area is 127 Å². The van der Waals surface area contributed by atoms with E-state index in [1.807, 2.05) is 18.2 Å². The minimum Gasteiger partial charge on any atom is -0.504 e. The first kappa shape index (κ1) is 15.0. The number of hydrogen-bond acceptors (Lipinski definition) is 5. The third-order valence-electron chi connectivity index (χ3n) is 3.11. The van der Waals surface area contributed by atoms with E-state index < -0.39 is 11.5 Å². The van der Waals surface area contributed by atoms with Gasteiger partial charge in [0.15, 0.2) is 11.5 Å². The van der Waals surface area contributed by atoms with Crippen molar-refractivity contribution in [1.29, 1.82) is 10.5 Å². The average molecular weight is 292 g/mol. The van der Waals surface area contributed by atoms with Crippen LogP contribution in [-0.2, 0) is 0 Å². The molecule has 0 aliphatic carbocycles. The summed E-state index contributed by atoms with van der Waals surface area (Å²) in [6.45, 7) is 0. The van der Waals surface area contributed by atoms with Crippen LogP contribution in [0.15, 0.2) is 30.3 Å². The molecule has 0 heterocycles. The van der Waals surface area contributed by atoms with Gasteiger partial charge in [0.05, 0.1) is 18.7 Å². The number of hydrogen-bond donors (Lipinski definition) is 2. The third-order valence-corrected chi connectivity index (χ3v) is 3.11. The highest BCUT2D eigenvalue weighted by Gasteiger charge is 2.15. The molecule has 0 aliphatic rings. The second kappa shape index (κ2) is 6.34. The molecule has 0 saturated heterocycles. The van der Waals surface area contributed by atoms with Gasteiger partial charge in [-0.25, -0.2) is 0 Å². The van der Waals surface area contributed by atoms with Gasteiger partial charge in [-0.05, 0) is 17.7 Å². The Morgan fingerprint density at radius 3 is 2.27 bits per heavy atom. The van der Waals surface area contributed by atoms with Gasteiger partial charge in [0, 0.05) is 11.6 Å². The molecule has 2 rings (SSSR count). The molecule has 0 atom stereocenters. The molecule has 108 valence electrons. The quantitative estimate of drug-likeness (QED) is 0.669. The summed E-state index contributed by atoms with van der Waals surface area (Å²) in [5.74, 6) is -0.305. The van der Waals surface area contributed by atoms with Crippen LogP contribution in [-0.4, -0.2) is 17.3 Å². The summed E-state index contributed by atoms with van der Waals surface area (Å²) in [6, 6.07) is 12.0. The summed E-state index contributed by atoms with van der Waals surface area (Å²) in [5.41, 5.74) is 1.06. The van der Waals surface area contributed by atoms with E-state index in [2.05, 4.69) is 0 Å². The van der Waals surface area contributed by atoms with Gasteiger partial charge >= 0.3 is 0 Å². The van der Waals surface area contributed by atoms with Crippen LogP contribution in [0.1, 0.15) is 22.3 Å². The van der Waals surface area contributed by atoms with Crippen molar-refractivity contribution in [1.82, 2.24) is 0 Å². The normalized spacial score (nSPS) is 10.1. The highest BCUT2D eigenvalue weighted by Crippen LogP contribution is 2.34. The van der Waals surface area contributed by atoms with Gasteiger partial charge in [-0.15, -0.1) is 0 Å². The van der Waals surface area contributed by atoms with Crippen molar-refractivity contribution < 1.29 is 14.9 Å². The average Bonchev–Trinajstić information content (AvgIpc) is 2.55. The van der Waals surface area contributed by atoms with Crippen LogP contribution in [0.2, 0.25) is 0 Å². The van der Waals surface area contributed by atoms with E-state index in [9.17, 15) is 10.2 Å². The fourth-order valence-corrected chi connectivity index (χ4v) is 1.95. The van der Waals surface area contributed by atoms with E-state index in [4.69, 9.17) is 15.3 Å². The van der Waals surface area contributed by atoms with E-state index in [0.29, 0.717) is 0 Å². The lowest BCUT2D eigenvalue weighted by molar-refractivity contribution is 0.402. The summed E-state index contributed by atoms with van der Waals surface area (Å²) < 4.78 is 5.06. The zero-order valence-corrected chi connectivity index (χ0v) is 11.7. The minimum atomic E-state index is -0.532. The van der Waals surface area contributed by atoms with Crippen LogP contribution in [0.25, 0.3) is 12.2 Å². The molecule has 5 nitrogen and oxygen atoms in total. The number of phenolic OH excluding ortho intramolecular Hbond substituents is 2. The molecular formula is C17H12N2O3. The smallest absolute Gasteiger partial charge is 0.176 e. The predicted molar refractivity (Wildman–Crippen MR) is 81.1 cm³/mol. The first-order valence-electron chi connectivity index (χ1n) is 6.32. The Bertz CT molecular complexity index is 810. The van der Waals surface area contributed by atoms with Gasteiger partial charge in [-0.2, -0.15) is 10.5 Å². The molecule has 2 aromatic carbocycles. The van der Waals surface area contributed by atoms with Crippen LogP contribution in [0, 0.1) is 22.7 Å². The van der Waals surface area contributed by atoms with Crippen LogP contribution in [0.3, 0.4) is 0 Å². The molecule has 0 spiro atoms. The van der Waals surface area contributed by atoms with Gasteiger partial charge in [0.25, 0.3) is 0 Å². The summed E-state index contributed by atoms with van der Waals surface area (Å²) in [4.78, 5) is 0. The molecule has 0 aliphatic heterocycles. The van der Waals surface area contributed by atoms with Crippen LogP contribution >= 0.6 is 0 Å². The molecule has 5 heteroatoms. The fraction of sp³-hybridized carbons (Fsp3) is 0.0588. The van der Waals surface area contributed by atoms with Crippen molar-refractivity contribution in [3.05, 3.63) is 52.6 Å². The molecule has 0 amide bonds.